The van der Waals surface area contributed by atoms with Gasteiger partial charge in [-0.15, -0.1) is 6.58 Å². The molecule has 0 saturated carbocycles. The summed E-state index contributed by atoms with van der Waals surface area (Å²) in [5.41, 5.74) is 1.27. The van der Waals surface area contributed by atoms with Gasteiger partial charge in [0, 0.05) is 37.9 Å². The first-order chi connectivity index (χ1) is 9.61. The largest absolute Gasteiger partial charge is 0.354 e. The van der Waals surface area contributed by atoms with E-state index in [4.69, 9.17) is 0 Å². The Labute approximate surface area is 123 Å². The van der Waals surface area contributed by atoms with Crippen LogP contribution in [0, 0.1) is 0 Å². The van der Waals surface area contributed by atoms with Gasteiger partial charge < -0.3 is 4.90 Å². The van der Waals surface area contributed by atoms with E-state index in [0.717, 1.165) is 25.5 Å². The molecule has 0 N–H and O–H groups in total. The maximum atomic E-state index is 4.66. The normalized spacial score (nSPS) is 19.1. The van der Waals surface area contributed by atoms with Crippen LogP contribution in [0.1, 0.15) is 39.2 Å². The molecule has 3 nitrogen and oxygen atoms in total. The van der Waals surface area contributed by atoms with Crippen LogP contribution in [0.25, 0.3) is 0 Å². The molecule has 1 aromatic heterocycles. The first kappa shape index (κ1) is 15.0. The van der Waals surface area contributed by atoms with Crippen LogP contribution in [0.3, 0.4) is 0 Å². The second-order valence-electron chi connectivity index (χ2n) is 6.02. The number of hydrogen-bond acceptors (Lipinski definition) is 3. The number of rotatable bonds is 6. The van der Waals surface area contributed by atoms with Gasteiger partial charge in [0.05, 0.1) is 0 Å². The summed E-state index contributed by atoms with van der Waals surface area (Å²) >= 11 is 0. The predicted molar refractivity (Wildman–Crippen MR) is 86.0 cm³/mol. The van der Waals surface area contributed by atoms with Gasteiger partial charge in [0.1, 0.15) is 5.82 Å². The third kappa shape index (κ3) is 3.60. The van der Waals surface area contributed by atoms with Crippen LogP contribution in [0.5, 0.6) is 0 Å². The quantitative estimate of drug-likeness (QED) is 0.740. The monoisotopic (exact) mass is 273 g/mol. The lowest BCUT2D eigenvalue weighted by molar-refractivity contribution is 0.237. The first-order valence-electron chi connectivity index (χ1n) is 7.68. The van der Waals surface area contributed by atoms with Crippen molar-refractivity contribution in [1.29, 1.82) is 0 Å². The summed E-state index contributed by atoms with van der Waals surface area (Å²) in [6.45, 7) is 13.6. The van der Waals surface area contributed by atoms with Crippen LogP contribution in [-0.2, 0) is 6.54 Å². The summed E-state index contributed by atoms with van der Waals surface area (Å²) < 4.78 is 0. The highest BCUT2D eigenvalue weighted by atomic mass is 15.2. The molecule has 0 amide bonds. The van der Waals surface area contributed by atoms with Crippen molar-refractivity contribution in [1.82, 2.24) is 9.88 Å². The Morgan fingerprint density at radius 1 is 1.50 bits per heavy atom. The molecule has 1 aliphatic rings. The average molecular weight is 273 g/mol. The Morgan fingerprint density at radius 2 is 2.30 bits per heavy atom. The van der Waals surface area contributed by atoms with Gasteiger partial charge in [-0.1, -0.05) is 12.1 Å². The Morgan fingerprint density at radius 3 is 2.80 bits per heavy atom. The van der Waals surface area contributed by atoms with Crippen molar-refractivity contribution in [2.75, 3.05) is 18.0 Å². The molecular weight excluding hydrogens is 246 g/mol. The highest BCUT2D eigenvalue weighted by Crippen LogP contribution is 2.23. The van der Waals surface area contributed by atoms with Crippen LogP contribution >= 0.6 is 0 Å². The summed E-state index contributed by atoms with van der Waals surface area (Å²) in [6, 6.07) is 5.53. The van der Waals surface area contributed by atoms with Crippen LogP contribution in [0.2, 0.25) is 0 Å². The van der Waals surface area contributed by atoms with Gasteiger partial charge in [-0.3, -0.25) is 4.90 Å². The van der Waals surface area contributed by atoms with Gasteiger partial charge in [0.15, 0.2) is 0 Å². The lowest BCUT2D eigenvalue weighted by Crippen LogP contribution is -2.30. The van der Waals surface area contributed by atoms with E-state index in [1.165, 1.54) is 18.4 Å². The Balaban J connectivity index is 2.02. The third-order valence-corrected chi connectivity index (χ3v) is 4.14. The van der Waals surface area contributed by atoms with Crippen molar-refractivity contribution in [2.45, 2.75) is 52.2 Å². The number of pyridine rings is 1. The minimum atomic E-state index is 0.520. The van der Waals surface area contributed by atoms with Gasteiger partial charge in [0.25, 0.3) is 0 Å². The van der Waals surface area contributed by atoms with E-state index in [9.17, 15) is 0 Å². The molecule has 0 aromatic carbocycles. The highest BCUT2D eigenvalue weighted by molar-refractivity contribution is 5.41. The Bertz CT molecular complexity index is 424. The van der Waals surface area contributed by atoms with Crippen molar-refractivity contribution in [3.05, 3.63) is 36.5 Å². The lowest BCUT2D eigenvalue weighted by atomic mass is 10.2. The maximum absolute atomic E-state index is 4.66. The zero-order valence-corrected chi connectivity index (χ0v) is 13.0. The molecule has 2 heterocycles. The minimum absolute atomic E-state index is 0.520. The van der Waals surface area contributed by atoms with E-state index in [0.29, 0.717) is 12.1 Å². The molecule has 0 aliphatic carbocycles. The fourth-order valence-electron chi connectivity index (χ4n) is 2.81. The molecule has 1 atom stereocenters. The molecule has 1 aromatic rings. The number of nitrogens with zero attached hydrogens (tertiary/aromatic N) is 3. The summed E-state index contributed by atoms with van der Waals surface area (Å²) in [5.74, 6) is 1.12. The zero-order valence-electron chi connectivity index (χ0n) is 13.0. The highest BCUT2D eigenvalue weighted by Gasteiger charge is 2.21. The summed E-state index contributed by atoms with van der Waals surface area (Å²) in [4.78, 5) is 9.46. The molecule has 110 valence electrons. The molecule has 2 rings (SSSR count). The SMILES string of the molecule is C=CCN(Cc1ccc(N2CCC[C@H]2C)nc1)C(C)C. The number of hydrogen-bond donors (Lipinski definition) is 0. The van der Waals surface area contributed by atoms with Crippen molar-refractivity contribution in [2.24, 2.45) is 0 Å². The topological polar surface area (TPSA) is 19.4 Å². The molecule has 1 saturated heterocycles. The van der Waals surface area contributed by atoms with Crippen molar-refractivity contribution >= 4 is 5.82 Å². The van der Waals surface area contributed by atoms with Crippen molar-refractivity contribution in [3.63, 3.8) is 0 Å². The molecule has 3 heteroatoms. The van der Waals surface area contributed by atoms with E-state index in [-0.39, 0.29) is 0 Å². The van der Waals surface area contributed by atoms with Crippen molar-refractivity contribution in [3.8, 4) is 0 Å². The summed E-state index contributed by atoms with van der Waals surface area (Å²) in [6.07, 6.45) is 6.56. The minimum Gasteiger partial charge on any atom is -0.354 e. The van der Waals surface area contributed by atoms with Gasteiger partial charge >= 0.3 is 0 Å². The fraction of sp³-hybridized carbons (Fsp3) is 0.588. The molecule has 1 fully saturated rings. The van der Waals surface area contributed by atoms with E-state index in [2.05, 4.69) is 54.3 Å². The van der Waals surface area contributed by atoms with E-state index >= 15 is 0 Å². The number of anilines is 1. The molecule has 0 spiro atoms. The van der Waals surface area contributed by atoms with Gasteiger partial charge in [-0.25, -0.2) is 4.98 Å². The summed E-state index contributed by atoms with van der Waals surface area (Å²) in [7, 11) is 0. The maximum Gasteiger partial charge on any atom is 0.128 e. The fourth-order valence-corrected chi connectivity index (χ4v) is 2.81. The van der Waals surface area contributed by atoms with E-state index < -0.39 is 0 Å². The molecule has 1 aliphatic heterocycles. The van der Waals surface area contributed by atoms with Gasteiger partial charge in [-0.2, -0.15) is 0 Å². The van der Waals surface area contributed by atoms with Crippen molar-refractivity contribution < 1.29 is 0 Å². The number of aromatic nitrogens is 1. The predicted octanol–water partition coefficient (Wildman–Crippen LogP) is 3.47. The molecular formula is C17H27N3. The van der Waals surface area contributed by atoms with Gasteiger partial charge in [0.2, 0.25) is 0 Å². The smallest absolute Gasteiger partial charge is 0.128 e. The lowest BCUT2D eigenvalue weighted by Gasteiger charge is -2.26. The second kappa shape index (κ2) is 6.89. The molecule has 20 heavy (non-hydrogen) atoms. The van der Waals surface area contributed by atoms with Crippen LogP contribution < -0.4 is 4.90 Å². The van der Waals surface area contributed by atoms with E-state index in [1.807, 2.05) is 12.3 Å². The standard InChI is InChI=1S/C17H27N3/c1-5-10-19(14(2)3)13-16-8-9-17(18-12-16)20-11-6-7-15(20)4/h5,8-9,12,14-15H,1,6-7,10-11,13H2,2-4H3/t15-/m1/s1. The Kier molecular flexibility index (Phi) is 5.18. The molecule has 0 unspecified atom stereocenters. The average Bonchev–Trinajstić information content (AvgIpc) is 2.85. The zero-order chi connectivity index (χ0) is 14.5. The third-order valence-electron chi connectivity index (χ3n) is 4.14. The molecule has 0 radical (unpaired) electrons. The van der Waals surface area contributed by atoms with Gasteiger partial charge in [-0.05, 0) is 45.2 Å². The Hall–Kier alpha value is -1.35. The van der Waals surface area contributed by atoms with Crippen LogP contribution in [0.4, 0.5) is 5.82 Å². The second-order valence-corrected chi connectivity index (χ2v) is 6.02. The summed E-state index contributed by atoms with van der Waals surface area (Å²) in [5, 5.41) is 0. The van der Waals surface area contributed by atoms with E-state index in [1.54, 1.807) is 0 Å². The van der Waals surface area contributed by atoms with Crippen LogP contribution in [0.15, 0.2) is 31.0 Å². The van der Waals surface area contributed by atoms with Crippen LogP contribution in [-0.4, -0.2) is 35.1 Å². The molecule has 0 bridgehead atoms. The first-order valence-corrected chi connectivity index (χ1v) is 7.68.